The summed E-state index contributed by atoms with van der Waals surface area (Å²) in [5.74, 6) is 0.810. The van der Waals surface area contributed by atoms with E-state index in [1.165, 1.54) is 16.8 Å². The van der Waals surface area contributed by atoms with Crippen LogP contribution in [-0.4, -0.2) is 46.1 Å². The molecule has 6 heteroatoms. The minimum atomic E-state index is 0.757. The molecule has 1 N–H and O–H groups in total. The molecule has 148 valence electrons. The van der Waals surface area contributed by atoms with Gasteiger partial charge in [-0.15, -0.1) is 0 Å². The highest BCUT2D eigenvalue weighted by Crippen LogP contribution is 2.25. The number of H-pyrrole nitrogens is 1. The molecule has 2 aromatic carbocycles. The largest absolute Gasteiger partial charge is 0.378 e. The number of rotatable bonds is 4. The van der Waals surface area contributed by atoms with Gasteiger partial charge >= 0.3 is 0 Å². The van der Waals surface area contributed by atoms with Crippen molar-refractivity contribution in [3.8, 4) is 11.5 Å². The lowest BCUT2D eigenvalue weighted by Crippen LogP contribution is -2.36. The monoisotopic (exact) mass is 387 g/mol. The first-order valence-corrected chi connectivity index (χ1v) is 10.1. The normalized spacial score (nSPS) is 14.6. The van der Waals surface area contributed by atoms with Crippen LogP contribution in [0.3, 0.4) is 0 Å². The number of aryl methyl sites for hydroxylation is 2. The average Bonchev–Trinajstić information content (AvgIpc) is 3.33. The topological polar surface area (TPSA) is 59.0 Å². The Balaban J connectivity index is 1.42. The highest BCUT2D eigenvalue weighted by molar-refractivity contribution is 5.82. The van der Waals surface area contributed by atoms with Crippen LogP contribution in [0, 0.1) is 13.8 Å². The summed E-state index contributed by atoms with van der Waals surface area (Å²) in [5.41, 5.74) is 7.71. The molecular formula is C23H25N5O. The zero-order valence-corrected chi connectivity index (χ0v) is 16.9. The molecule has 6 nitrogen and oxygen atoms in total. The summed E-state index contributed by atoms with van der Waals surface area (Å²) in [6.45, 7) is 8.36. The highest BCUT2D eigenvalue weighted by Gasteiger charge is 2.15. The van der Waals surface area contributed by atoms with Crippen LogP contribution in [-0.2, 0) is 11.3 Å². The maximum absolute atomic E-state index is 5.46. The van der Waals surface area contributed by atoms with Crippen LogP contribution in [0.2, 0.25) is 0 Å². The van der Waals surface area contributed by atoms with Crippen LogP contribution in [0.4, 0.5) is 5.69 Å². The molecule has 1 saturated heterocycles. The van der Waals surface area contributed by atoms with Crippen LogP contribution in [0.5, 0.6) is 0 Å². The maximum Gasteiger partial charge on any atom is 0.159 e. The minimum absolute atomic E-state index is 0.757. The lowest BCUT2D eigenvalue weighted by Gasteiger charge is -2.28. The average molecular weight is 387 g/mol. The van der Waals surface area contributed by atoms with Gasteiger partial charge in [0.15, 0.2) is 5.82 Å². The summed E-state index contributed by atoms with van der Waals surface area (Å²) < 4.78 is 7.49. The van der Waals surface area contributed by atoms with E-state index in [9.17, 15) is 0 Å². The SMILES string of the molecule is Cc1ccc(Cn2nc(-c3nc4ccc(N5CCOCC5)cc4[nH]3)cc2C)cc1. The first-order valence-electron chi connectivity index (χ1n) is 10.1. The Kier molecular flexibility index (Phi) is 4.56. The summed E-state index contributed by atoms with van der Waals surface area (Å²) in [5, 5.41) is 4.80. The van der Waals surface area contributed by atoms with Gasteiger partial charge in [0, 0.05) is 24.5 Å². The molecule has 0 radical (unpaired) electrons. The lowest BCUT2D eigenvalue weighted by atomic mass is 10.1. The molecule has 0 unspecified atom stereocenters. The highest BCUT2D eigenvalue weighted by atomic mass is 16.5. The zero-order valence-electron chi connectivity index (χ0n) is 16.9. The first-order chi connectivity index (χ1) is 14.2. The van der Waals surface area contributed by atoms with Crippen molar-refractivity contribution in [3.05, 3.63) is 65.4 Å². The van der Waals surface area contributed by atoms with E-state index in [0.717, 1.165) is 61.1 Å². The third-order valence-corrected chi connectivity index (χ3v) is 5.52. The molecule has 0 amide bonds. The molecule has 1 fully saturated rings. The van der Waals surface area contributed by atoms with E-state index in [0.29, 0.717) is 0 Å². The molecule has 0 atom stereocenters. The second-order valence-electron chi connectivity index (χ2n) is 7.70. The Labute approximate surface area is 170 Å². The number of aromatic nitrogens is 4. The third kappa shape index (κ3) is 3.63. The van der Waals surface area contributed by atoms with Crippen LogP contribution in [0.1, 0.15) is 16.8 Å². The number of nitrogens with one attached hydrogen (secondary N) is 1. The van der Waals surface area contributed by atoms with Gasteiger partial charge in [0.05, 0.1) is 30.8 Å². The summed E-state index contributed by atoms with van der Waals surface area (Å²) in [6, 6.07) is 17.1. The molecule has 5 rings (SSSR count). The molecule has 0 bridgehead atoms. The van der Waals surface area contributed by atoms with Crippen molar-refractivity contribution in [3.63, 3.8) is 0 Å². The van der Waals surface area contributed by atoms with Gasteiger partial charge in [-0.2, -0.15) is 5.10 Å². The Morgan fingerprint density at radius 3 is 2.59 bits per heavy atom. The summed E-state index contributed by atoms with van der Waals surface area (Å²) in [4.78, 5) is 10.6. The van der Waals surface area contributed by atoms with Gasteiger partial charge in [-0.1, -0.05) is 29.8 Å². The van der Waals surface area contributed by atoms with Crippen molar-refractivity contribution in [2.45, 2.75) is 20.4 Å². The van der Waals surface area contributed by atoms with E-state index < -0.39 is 0 Å². The fourth-order valence-electron chi connectivity index (χ4n) is 3.79. The number of ether oxygens (including phenoxy) is 1. The predicted octanol–water partition coefficient (Wildman–Crippen LogP) is 3.93. The summed E-state index contributed by atoms with van der Waals surface area (Å²) >= 11 is 0. The van der Waals surface area contributed by atoms with Crippen molar-refractivity contribution in [1.29, 1.82) is 0 Å². The molecule has 0 aliphatic carbocycles. The number of benzene rings is 2. The lowest BCUT2D eigenvalue weighted by molar-refractivity contribution is 0.122. The van der Waals surface area contributed by atoms with Crippen LogP contribution in [0.25, 0.3) is 22.6 Å². The second-order valence-corrected chi connectivity index (χ2v) is 7.70. The Hall–Kier alpha value is -3.12. The molecule has 29 heavy (non-hydrogen) atoms. The number of anilines is 1. The first kappa shape index (κ1) is 17.9. The molecular weight excluding hydrogens is 362 g/mol. The number of hydrogen-bond donors (Lipinski definition) is 1. The van der Waals surface area contributed by atoms with Crippen molar-refractivity contribution < 1.29 is 4.74 Å². The molecule has 1 aliphatic heterocycles. The van der Waals surface area contributed by atoms with Gasteiger partial charge < -0.3 is 14.6 Å². The number of imidazole rings is 1. The van der Waals surface area contributed by atoms with Gasteiger partial charge in [-0.25, -0.2) is 4.98 Å². The summed E-state index contributed by atoms with van der Waals surface area (Å²) in [7, 11) is 0. The molecule has 0 spiro atoms. The minimum Gasteiger partial charge on any atom is -0.378 e. The Bertz CT molecular complexity index is 1140. The number of fused-ring (bicyclic) bond motifs is 1. The predicted molar refractivity (Wildman–Crippen MR) is 115 cm³/mol. The van der Waals surface area contributed by atoms with E-state index in [1.807, 2.05) is 4.68 Å². The third-order valence-electron chi connectivity index (χ3n) is 5.52. The van der Waals surface area contributed by atoms with Gasteiger partial charge in [0.1, 0.15) is 5.69 Å². The van der Waals surface area contributed by atoms with Gasteiger partial charge in [0.25, 0.3) is 0 Å². The zero-order chi connectivity index (χ0) is 19.8. The van der Waals surface area contributed by atoms with Gasteiger partial charge in [-0.3, -0.25) is 4.68 Å². The molecule has 4 aromatic rings. The standard InChI is InChI=1S/C23H25N5O/c1-16-3-5-18(6-4-16)15-28-17(2)13-22(26-28)23-24-20-8-7-19(14-21(20)25-23)27-9-11-29-12-10-27/h3-8,13-14H,9-12,15H2,1-2H3,(H,24,25). The van der Waals surface area contributed by atoms with Crippen molar-refractivity contribution in [2.75, 3.05) is 31.2 Å². The van der Waals surface area contributed by atoms with Crippen LogP contribution >= 0.6 is 0 Å². The van der Waals surface area contributed by atoms with Crippen LogP contribution in [0.15, 0.2) is 48.5 Å². The Morgan fingerprint density at radius 2 is 1.79 bits per heavy atom. The maximum atomic E-state index is 5.46. The van der Waals surface area contributed by atoms with Gasteiger partial charge in [-0.05, 0) is 43.7 Å². The van der Waals surface area contributed by atoms with E-state index in [1.54, 1.807) is 0 Å². The van der Waals surface area contributed by atoms with Crippen molar-refractivity contribution in [1.82, 2.24) is 19.7 Å². The number of morpholine rings is 1. The fourth-order valence-corrected chi connectivity index (χ4v) is 3.79. The van der Waals surface area contributed by atoms with Crippen molar-refractivity contribution in [2.24, 2.45) is 0 Å². The van der Waals surface area contributed by atoms with E-state index in [4.69, 9.17) is 14.8 Å². The van der Waals surface area contributed by atoms with E-state index in [-0.39, 0.29) is 0 Å². The molecule has 0 saturated carbocycles. The van der Waals surface area contributed by atoms with Crippen LogP contribution < -0.4 is 4.90 Å². The number of aromatic amines is 1. The fraction of sp³-hybridized carbons (Fsp3) is 0.304. The van der Waals surface area contributed by atoms with E-state index in [2.05, 4.69) is 72.3 Å². The number of nitrogens with zero attached hydrogens (tertiary/aromatic N) is 4. The van der Waals surface area contributed by atoms with Gasteiger partial charge in [0.2, 0.25) is 0 Å². The van der Waals surface area contributed by atoms with E-state index >= 15 is 0 Å². The Morgan fingerprint density at radius 1 is 1.00 bits per heavy atom. The smallest absolute Gasteiger partial charge is 0.159 e. The number of hydrogen-bond acceptors (Lipinski definition) is 4. The second kappa shape index (κ2) is 7.37. The molecule has 1 aliphatic rings. The summed E-state index contributed by atoms with van der Waals surface area (Å²) in [6.07, 6.45) is 0. The molecule has 2 aromatic heterocycles. The molecule has 3 heterocycles. The van der Waals surface area contributed by atoms with Crippen molar-refractivity contribution >= 4 is 16.7 Å². The quantitative estimate of drug-likeness (QED) is 0.576.